The molecule has 2 aliphatic rings. The lowest BCUT2D eigenvalue weighted by Gasteiger charge is -2.30. The first-order valence-corrected chi connectivity index (χ1v) is 6.28. The quantitative estimate of drug-likeness (QED) is 0.720. The number of nitrogens with two attached hydrogens (primary N) is 1. The molecule has 0 aromatic heterocycles. The second-order valence-corrected chi connectivity index (χ2v) is 5.74. The highest BCUT2D eigenvalue weighted by Crippen LogP contribution is 2.37. The molecule has 2 rings (SSSR count). The van der Waals surface area contributed by atoms with Gasteiger partial charge in [-0.05, 0) is 37.3 Å². The van der Waals surface area contributed by atoms with Crippen molar-refractivity contribution < 1.29 is 4.79 Å². The average molecular weight is 225 g/mol. The summed E-state index contributed by atoms with van der Waals surface area (Å²) >= 11 is 0. The number of nitrogens with one attached hydrogen (secondary N) is 1. The highest BCUT2D eigenvalue weighted by molar-refractivity contribution is 5.80. The zero-order chi connectivity index (χ0) is 11.8. The molecule has 0 bridgehead atoms. The van der Waals surface area contributed by atoms with E-state index in [1.54, 1.807) is 0 Å². The summed E-state index contributed by atoms with van der Waals surface area (Å²) in [4.78, 5) is 13.8. The fraction of sp³-hybridized carbons (Fsp3) is 0.917. The number of hydrogen-bond acceptors (Lipinski definition) is 3. The molecule has 0 aromatic carbocycles. The molecule has 2 aliphatic heterocycles. The van der Waals surface area contributed by atoms with E-state index in [0.29, 0.717) is 11.3 Å². The van der Waals surface area contributed by atoms with Crippen LogP contribution < -0.4 is 11.1 Å². The van der Waals surface area contributed by atoms with Gasteiger partial charge < -0.3 is 11.1 Å². The predicted molar refractivity (Wildman–Crippen MR) is 63.9 cm³/mol. The maximum atomic E-state index is 11.5. The molecule has 1 unspecified atom stereocenters. The van der Waals surface area contributed by atoms with Crippen LogP contribution in [0.4, 0.5) is 0 Å². The number of likely N-dealkylation sites (tertiary alicyclic amines) is 1. The molecule has 1 amide bonds. The van der Waals surface area contributed by atoms with Gasteiger partial charge in [-0.1, -0.05) is 13.8 Å². The Morgan fingerprint density at radius 3 is 2.69 bits per heavy atom. The number of primary amides is 1. The number of rotatable bonds is 3. The lowest BCUT2D eigenvalue weighted by molar-refractivity contribution is -0.124. The van der Waals surface area contributed by atoms with E-state index in [1.807, 2.05) is 0 Å². The maximum absolute atomic E-state index is 11.5. The zero-order valence-corrected chi connectivity index (χ0v) is 10.3. The molecule has 2 saturated heterocycles. The molecule has 0 aliphatic carbocycles. The van der Waals surface area contributed by atoms with Crippen LogP contribution >= 0.6 is 0 Å². The third-order valence-electron chi connectivity index (χ3n) is 4.12. The van der Waals surface area contributed by atoms with Gasteiger partial charge in [0.2, 0.25) is 5.91 Å². The second kappa shape index (κ2) is 4.34. The van der Waals surface area contributed by atoms with Crippen molar-refractivity contribution >= 4 is 5.91 Å². The van der Waals surface area contributed by atoms with Crippen molar-refractivity contribution in [2.24, 2.45) is 17.1 Å². The Labute approximate surface area is 97.6 Å². The Hall–Kier alpha value is -0.610. The van der Waals surface area contributed by atoms with Crippen LogP contribution in [0.25, 0.3) is 0 Å². The van der Waals surface area contributed by atoms with Crippen molar-refractivity contribution in [2.75, 3.05) is 26.2 Å². The third kappa shape index (κ3) is 2.09. The van der Waals surface area contributed by atoms with E-state index in [0.717, 1.165) is 26.2 Å². The number of hydrogen-bond donors (Lipinski definition) is 2. The summed E-state index contributed by atoms with van der Waals surface area (Å²) in [5, 5.41) is 3.43. The molecule has 1 spiro atoms. The molecule has 2 fully saturated rings. The van der Waals surface area contributed by atoms with Crippen molar-refractivity contribution in [1.29, 1.82) is 0 Å². The van der Waals surface area contributed by atoms with Gasteiger partial charge in [0.25, 0.3) is 0 Å². The van der Waals surface area contributed by atoms with Crippen LogP contribution in [-0.4, -0.2) is 43.0 Å². The van der Waals surface area contributed by atoms with Gasteiger partial charge in [-0.2, -0.15) is 0 Å². The van der Waals surface area contributed by atoms with E-state index in [2.05, 4.69) is 24.1 Å². The Morgan fingerprint density at radius 1 is 1.44 bits per heavy atom. The predicted octanol–water partition coefficient (Wildman–Crippen LogP) is 0.182. The van der Waals surface area contributed by atoms with Crippen molar-refractivity contribution in [3.05, 3.63) is 0 Å². The Bertz CT molecular complexity index is 271. The SMILES string of the molecule is CC(C)C(C(N)=O)N1CC[C@]2(CCNC2)C1. The van der Waals surface area contributed by atoms with Gasteiger partial charge in [0.1, 0.15) is 0 Å². The summed E-state index contributed by atoms with van der Waals surface area (Å²) in [7, 11) is 0. The minimum absolute atomic E-state index is 0.0834. The van der Waals surface area contributed by atoms with Crippen molar-refractivity contribution in [1.82, 2.24) is 10.2 Å². The molecule has 0 aromatic rings. The van der Waals surface area contributed by atoms with Gasteiger partial charge in [-0.15, -0.1) is 0 Å². The summed E-state index contributed by atoms with van der Waals surface area (Å²) in [5.41, 5.74) is 5.93. The molecule has 0 saturated carbocycles. The van der Waals surface area contributed by atoms with E-state index >= 15 is 0 Å². The molecule has 4 heteroatoms. The standard InChI is InChI=1S/C12H23N3O/c1-9(2)10(11(13)16)15-6-4-12(8-15)3-5-14-7-12/h9-10,14H,3-8H2,1-2H3,(H2,13,16)/t10?,12-/m0/s1. The van der Waals surface area contributed by atoms with E-state index in [-0.39, 0.29) is 11.9 Å². The number of nitrogens with zero attached hydrogens (tertiary/aromatic N) is 1. The topological polar surface area (TPSA) is 58.4 Å². The molecular formula is C12H23N3O. The smallest absolute Gasteiger partial charge is 0.235 e. The van der Waals surface area contributed by atoms with Crippen LogP contribution in [0.5, 0.6) is 0 Å². The Morgan fingerprint density at radius 2 is 2.19 bits per heavy atom. The van der Waals surface area contributed by atoms with Gasteiger partial charge in [-0.25, -0.2) is 0 Å². The maximum Gasteiger partial charge on any atom is 0.235 e. The fourth-order valence-electron chi connectivity index (χ4n) is 3.28. The summed E-state index contributed by atoms with van der Waals surface area (Å²) < 4.78 is 0. The molecule has 2 heterocycles. The van der Waals surface area contributed by atoms with Gasteiger partial charge in [0, 0.05) is 13.1 Å². The van der Waals surface area contributed by atoms with E-state index in [1.165, 1.54) is 12.8 Å². The first-order chi connectivity index (χ1) is 7.54. The van der Waals surface area contributed by atoms with Gasteiger partial charge in [-0.3, -0.25) is 9.69 Å². The Balaban J connectivity index is 2.03. The van der Waals surface area contributed by atoms with Crippen molar-refractivity contribution in [3.8, 4) is 0 Å². The van der Waals surface area contributed by atoms with Crippen LogP contribution in [0.15, 0.2) is 0 Å². The first-order valence-electron chi connectivity index (χ1n) is 6.28. The third-order valence-corrected chi connectivity index (χ3v) is 4.12. The highest BCUT2D eigenvalue weighted by atomic mass is 16.1. The molecule has 4 nitrogen and oxygen atoms in total. The Kier molecular flexibility index (Phi) is 3.22. The van der Waals surface area contributed by atoms with Crippen LogP contribution in [0.2, 0.25) is 0 Å². The summed E-state index contributed by atoms with van der Waals surface area (Å²) in [6.45, 7) is 8.43. The lowest BCUT2D eigenvalue weighted by Crippen LogP contribution is -2.47. The largest absolute Gasteiger partial charge is 0.368 e. The van der Waals surface area contributed by atoms with Crippen molar-refractivity contribution in [3.63, 3.8) is 0 Å². The van der Waals surface area contributed by atoms with Gasteiger partial charge in [0.15, 0.2) is 0 Å². The summed E-state index contributed by atoms with van der Waals surface area (Å²) in [6.07, 6.45) is 2.45. The van der Waals surface area contributed by atoms with E-state index < -0.39 is 0 Å². The molecule has 0 radical (unpaired) electrons. The summed E-state index contributed by atoms with van der Waals surface area (Å²) in [5.74, 6) is 0.139. The van der Waals surface area contributed by atoms with Crippen LogP contribution in [-0.2, 0) is 4.79 Å². The minimum atomic E-state index is -0.169. The van der Waals surface area contributed by atoms with Crippen LogP contribution in [0.3, 0.4) is 0 Å². The summed E-state index contributed by atoms with van der Waals surface area (Å²) in [6, 6.07) is -0.0834. The first kappa shape index (κ1) is 11.9. The number of carbonyl (C=O) groups excluding carboxylic acids is 1. The lowest BCUT2D eigenvalue weighted by atomic mass is 9.86. The van der Waals surface area contributed by atoms with Gasteiger partial charge >= 0.3 is 0 Å². The highest BCUT2D eigenvalue weighted by Gasteiger charge is 2.43. The molecule has 16 heavy (non-hydrogen) atoms. The van der Waals surface area contributed by atoms with E-state index in [9.17, 15) is 4.79 Å². The number of amides is 1. The molecular weight excluding hydrogens is 202 g/mol. The van der Waals surface area contributed by atoms with Crippen LogP contribution in [0, 0.1) is 11.3 Å². The van der Waals surface area contributed by atoms with Crippen molar-refractivity contribution in [2.45, 2.75) is 32.7 Å². The zero-order valence-electron chi connectivity index (χ0n) is 10.3. The number of carbonyl (C=O) groups is 1. The minimum Gasteiger partial charge on any atom is -0.368 e. The molecule has 2 atom stereocenters. The van der Waals surface area contributed by atoms with E-state index in [4.69, 9.17) is 5.73 Å². The second-order valence-electron chi connectivity index (χ2n) is 5.74. The fourth-order valence-corrected chi connectivity index (χ4v) is 3.28. The van der Waals surface area contributed by atoms with Crippen LogP contribution in [0.1, 0.15) is 26.7 Å². The normalized spacial score (nSPS) is 32.7. The average Bonchev–Trinajstić information content (AvgIpc) is 2.77. The van der Waals surface area contributed by atoms with Gasteiger partial charge in [0.05, 0.1) is 6.04 Å². The monoisotopic (exact) mass is 225 g/mol. The molecule has 3 N–H and O–H groups in total. The molecule has 92 valence electrons.